The topological polar surface area (TPSA) is 246 Å². The second kappa shape index (κ2) is 16.2. The number of aliphatic hydroxyl groups is 7. The lowest BCUT2D eigenvalue weighted by Gasteiger charge is -2.55. The summed E-state index contributed by atoms with van der Waals surface area (Å²) in [5.41, 5.74) is -2.00. The van der Waals surface area contributed by atoms with Crippen molar-refractivity contribution < 1.29 is 69.0 Å². The number of aliphatic hydroxyl groups excluding tert-OH is 6. The van der Waals surface area contributed by atoms with Crippen LogP contribution in [0.25, 0.3) is 0 Å². The third kappa shape index (κ3) is 8.39. The number of rotatable bonds is 13. The van der Waals surface area contributed by atoms with E-state index in [0.717, 1.165) is 5.56 Å². The van der Waals surface area contributed by atoms with Crippen LogP contribution in [0.2, 0.25) is 0 Å². The highest BCUT2D eigenvalue weighted by molar-refractivity contribution is 5.68. The van der Waals surface area contributed by atoms with Gasteiger partial charge >= 0.3 is 12.2 Å². The van der Waals surface area contributed by atoms with Crippen LogP contribution in [0, 0.1) is 0 Å². The van der Waals surface area contributed by atoms with E-state index in [0.29, 0.717) is 0 Å². The Morgan fingerprint density at radius 3 is 2.30 bits per heavy atom. The summed E-state index contributed by atoms with van der Waals surface area (Å²) < 4.78 is 26.6. The van der Waals surface area contributed by atoms with E-state index in [9.17, 15) is 45.3 Å². The van der Waals surface area contributed by atoms with Gasteiger partial charge in [-0.3, -0.25) is 0 Å². The Hall–Kier alpha value is -2.90. The van der Waals surface area contributed by atoms with Gasteiger partial charge in [0, 0.05) is 6.54 Å². The van der Waals surface area contributed by atoms with E-state index in [1.807, 2.05) is 18.2 Å². The summed E-state index contributed by atoms with van der Waals surface area (Å²) >= 11 is 0. The molecule has 16 nitrogen and oxygen atoms in total. The molecule has 1 aromatic carbocycles. The fraction of sp³-hybridized carbons (Fsp3) is 0.630. The van der Waals surface area contributed by atoms with Gasteiger partial charge in [0.1, 0.15) is 55.9 Å². The predicted octanol–water partition coefficient (Wildman–Crippen LogP) is -2.75. The number of nitrogens with one attached hydrogen (secondary N) is 2. The molecule has 9 N–H and O–H groups in total. The van der Waals surface area contributed by atoms with Crippen molar-refractivity contribution in [2.24, 2.45) is 0 Å². The Morgan fingerprint density at radius 1 is 0.953 bits per heavy atom. The number of carbonyl (C=O) groups excluding carboxylic acids is 2. The van der Waals surface area contributed by atoms with Crippen molar-refractivity contribution in [2.75, 3.05) is 33.0 Å². The summed E-state index contributed by atoms with van der Waals surface area (Å²) in [5.74, 6) is 0. The number of hydrogen-bond donors (Lipinski definition) is 9. The van der Waals surface area contributed by atoms with Crippen molar-refractivity contribution in [3.63, 3.8) is 0 Å². The first kappa shape index (κ1) is 34.6. The number of benzene rings is 1. The number of hydrogen-bond acceptors (Lipinski definition) is 14. The lowest BCUT2D eigenvalue weighted by Crippen LogP contribution is -2.79. The van der Waals surface area contributed by atoms with E-state index < -0.39 is 86.1 Å². The summed E-state index contributed by atoms with van der Waals surface area (Å²) in [6, 6.07) is 7.35. The second-order valence-corrected chi connectivity index (χ2v) is 10.0. The van der Waals surface area contributed by atoms with Gasteiger partial charge in [-0.2, -0.15) is 0 Å². The first-order valence-corrected chi connectivity index (χ1v) is 13.7. The highest BCUT2D eigenvalue weighted by Crippen LogP contribution is 2.39. The fourth-order valence-electron chi connectivity index (χ4n) is 4.84. The molecule has 16 heteroatoms. The van der Waals surface area contributed by atoms with Gasteiger partial charge in [-0.15, -0.1) is 0 Å². The molecule has 2 heterocycles. The van der Waals surface area contributed by atoms with Gasteiger partial charge in [0.05, 0.1) is 25.9 Å². The van der Waals surface area contributed by atoms with Crippen LogP contribution in [0.1, 0.15) is 12.0 Å². The molecule has 242 valence electrons. The van der Waals surface area contributed by atoms with Gasteiger partial charge in [0.25, 0.3) is 0 Å². The minimum atomic E-state index is -2.80. The Morgan fingerprint density at radius 2 is 1.65 bits per heavy atom. The smallest absolute Gasteiger partial charge is 0.407 e. The molecular formula is C27H40N2O14. The van der Waals surface area contributed by atoms with Crippen molar-refractivity contribution >= 4 is 12.2 Å². The normalized spacial score (nSPS) is 34.2. The Kier molecular flexibility index (Phi) is 13.1. The summed E-state index contributed by atoms with van der Waals surface area (Å²) in [6.07, 6.45) is -14.8. The van der Waals surface area contributed by atoms with Crippen LogP contribution in [0.4, 0.5) is 9.59 Å². The zero-order valence-corrected chi connectivity index (χ0v) is 23.3. The van der Waals surface area contributed by atoms with E-state index in [-0.39, 0.29) is 32.8 Å². The zero-order valence-electron chi connectivity index (χ0n) is 23.3. The zero-order chi connectivity index (χ0) is 31.6. The molecule has 0 saturated carbocycles. The molecule has 0 bridgehead atoms. The Balaban J connectivity index is 1.67. The van der Waals surface area contributed by atoms with Crippen LogP contribution in [0.3, 0.4) is 0 Å². The van der Waals surface area contributed by atoms with Crippen LogP contribution < -0.4 is 10.6 Å². The maximum absolute atomic E-state index is 12.3. The third-order valence-corrected chi connectivity index (χ3v) is 7.13. The maximum Gasteiger partial charge on any atom is 0.407 e. The van der Waals surface area contributed by atoms with E-state index in [1.54, 1.807) is 12.1 Å². The predicted molar refractivity (Wildman–Crippen MR) is 144 cm³/mol. The maximum atomic E-state index is 12.3. The Bertz CT molecular complexity index is 1030. The van der Waals surface area contributed by atoms with Crippen molar-refractivity contribution in [3.05, 3.63) is 48.6 Å². The molecule has 2 fully saturated rings. The number of alkyl carbamates (subject to hydrolysis) is 2. The first-order valence-electron chi connectivity index (χ1n) is 13.7. The van der Waals surface area contributed by atoms with Crippen LogP contribution >= 0.6 is 0 Å². The number of amides is 2. The van der Waals surface area contributed by atoms with Gasteiger partial charge in [-0.05, 0) is 12.0 Å². The SMILES string of the molecule is C=CCOC(=O)N[C@@H]1[C@@H](O)[C@H](O)[C@@H](CO)O[C@H]1[C@@]1(O)[C@@H](O)[C@H](OCCCNC(=O)OCc2ccccc2)O[C@H](CO)[C@@H]1O. The van der Waals surface area contributed by atoms with Crippen LogP contribution in [-0.2, 0) is 30.3 Å². The highest BCUT2D eigenvalue weighted by atomic mass is 16.7. The average molecular weight is 617 g/mol. The van der Waals surface area contributed by atoms with Gasteiger partial charge in [-0.25, -0.2) is 9.59 Å². The van der Waals surface area contributed by atoms with E-state index >= 15 is 0 Å². The third-order valence-electron chi connectivity index (χ3n) is 7.13. The molecule has 2 amide bonds. The van der Waals surface area contributed by atoms with Crippen molar-refractivity contribution in [2.45, 2.75) is 73.7 Å². The van der Waals surface area contributed by atoms with Crippen LogP contribution in [0.5, 0.6) is 0 Å². The quantitative estimate of drug-likeness (QED) is 0.0806. The summed E-state index contributed by atoms with van der Waals surface area (Å²) in [5, 5.41) is 79.4. The van der Waals surface area contributed by atoms with Crippen LogP contribution in [-0.4, -0.2) is 142 Å². The number of carbonyl (C=O) groups is 2. The summed E-state index contributed by atoms with van der Waals surface area (Å²) in [4.78, 5) is 24.2. The average Bonchev–Trinajstić information content (AvgIpc) is 3.01. The Labute approximate surface area is 247 Å². The van der Waals surface area contributed by atoms with Gasteiger partial charge in [0.15, 0.2) is 11.9 Å². The molecule has 2 saturated heterocycles. The van der Waals surface area contributed by atoms with Gasteiger partial charge in [0.2, 0.25) is 0 Å². The number of ether oxygens (including phenoxy) is 5. The van der Waals surface area contributed by atoms with Crippen molar-refractivity contribution in [1.29, 1.82) is 0 Å². The molecule has 2 aliphatic heterocycles. The minimum absolute atomic E-state index is 0.0721. The summed E-state index contributed by atoms with van der Waals surface area (Å²) in [7, 11) is 0. The standard InChI is InChI=1S/C27H40N2O14/c1-2-10-40-26(37)29-18-20(33)19(32)16(12-30)42-23(18)27(38)21(34)17(13-31)43-24(22(27)35)39-11-6-9-28-25(36)41-14-15-7-4-3-5-8-15/h2-5,7-8,16-24,30-35,38H,1,6,9-14H2,(H,28,36)(H,29,37)/t16-,17-,18-,19-,20-,21+,22+,23-,24-,27+/m1/s1. The molecule has 0 aromatic heterocycles. The van der Waals surface area contributed by atoms with E-state index in [4.69, 9.17) is 23.7 Å². The molecule has 43 heavy (non-hydrogen) atoms. The van der Waals surface area contributed by atoms with Gasteiger partial charge < -0.3 is 70.1 Å². The lowest BCUT2D eigenvalue weighted by atomic mass is 9.73. The molecule has 3 rings (SSSR count). The van der Waals surface area contributed by atoms with Crippen LogP contribution in [0.15, 0.2) is 43.0 Å². The molecule has 1 aromatic rings. The molecule has 2 aliphatic rings. The highest BCUT2D eigenvalue weighted by Gasteiger charge is 2.65. The summed E-state index contributed by atoms with van der Waals surface area (Å²) in [6.45, 7) is 1.50. The lowest BCUT2D eigenvalue weighted by molar-refractivity contribution is -0.366. The molecule has 0 spiro atoms. The monoisotopic (exact) mass is 616 g/mol. The van der Waals surface area contributed by atoms with E-state index in [2.05, 4.69) is 17.2 Å². The van der Waals surface area contributed by atoms with Gasteiger partial charge in [-0.1, -0.05) is 43.0 Å². The largest absolute Gasteiger partial charge is 0.445 e. The minimum Gasteiger partial charge on any atom is -0.445 e. The molecular weight excluding hydrogens is 576 g/mol. The molecule has 10 atom stereocenters. The first-order chi connectivity index (χ1) is 20.6. The molecule has 0 radical (unpaired) electrons. The second-order valence-electron chi connectivity index (χ2n) is 10.0. The van der Waals surface area contributed by atoms with Crippen molar-refractivity contribution in [3.8, 4) is 0 Å². The molecule has 0 unspecified atom stereocenters. The molecule has 0 aliphatic carbocycles. The van der Waals surface area contributed by atoms with E-state index in [1.165, 1.54) is 6.08 Å². The van der Waals surface area contributed by atoms with Crippen molar-refractivity contribution in [1.82, 2.24) is 10.6 Å². The fourth-order valence-corrected chi connectivity index (χ4v) is 4.84.